The van der Waals surface area contributed by atoms with Crippen LogP contribution in [-0.4, -0.2) is 40.4 Å². The Morgan fingerprint density at radius 1 is 1.42 bits per heavy atom. The number of ether oxygens (including phenoxy) is 1. The summed E-state index contributed by atoms with van der Waals surface area (Å²) in [5.74, 6) is 1.27. The second-order valence-corrected chi connectivity index (χ2v) is 6.97. The van der Waals surface area contributed by atoms with Crippen molar-refractivity contribution in [1.29, 1.82) is 0 Å². The van der Waals surface area contributed by atoms with Crippen molar-refractivity contribution < 1.29 is 9.53 Å². The minimum Gasteiger partial charge on any atom is -0.494 e. The molecule has 6 heteroatoms. The van der Waals surface area contributed by atoms with Crippen molar-refractivity contribution in [2.75, 3.05) is 19.7 Å². The van der Waals surface area contributed by atoms with Gasteiger partial charge in [-0.15, -0.1) is 0 Å². The molecule has 0 radical (unpaired) electrons. The molecule has 3 rings (SSSR count). The number of nitrogens with one attached hydrogen (secondary N) is 1. The SMILES string of the molecule is CCCOc1ccc(CNC(=O)N2CC[C@@H](c3cnn(C)c3)C2)c(C)c1. The maximum atomic E-state index is 12.5. The number of nitrogens with zero attached hydrogens (tertiary/aromatic N) is 3. The third kappa shape index (κ3) is 4.36. The molecule has 1 aromatic carbocycles. The summed E-state index contributed by atoms with van der Waals surface area (Å²) in [6.07, 6.45) is 5.92. The molecular weight excluding hydrogens is 328 g/mol. The number of urea groups is 1. The fourth-order valence-corrected chi connectivity index (χ4v) is 3.33. The van der Waals surface area contributed by atoms with Gasteiger partial charge in [-0.1, -0.05) is 13.0 Å². The molecule has 0 unspecified atom stereocenters. The predicted octanol–water partition coefficient (Wildman–Crippen LogP) is 3.22. The lowest BCUT2D eigenvalue weighted by molar-refractivity contribution is 0.208. The Morgan fingerprint density at radius 2 is 2.27 bits per heavy atom. The molecule has 2 heterocycles. The monoisotopic (exact) mass is 356 g/mol. The van der Waals surface area contributed by atoms with Gasteiger partial charge in [0.1, 0.15) is 5.75 Å². The number of hydrogen-bond acceptors (Lipinski definition) is 3. The number of amides is 2. The summed E-state index contributed by atoms with van der Waals surface area (Å²) in [6.45, 7) is 6.94. The Bertz CT molecular complexity index is 756. The highest BCUT2D eigenvalue weighted by molar-refractivity contribution is 5.74. The van der Waals surface area contributed by atoms with Crippen LogP contribution in [-0.2, 0) is 13.6 Å². The highest BCUT2D eigenvalue weighted by Gasteiger charge is 2.27. The zero-order valence-corrected chi connectivity index (χ0v) is 15.9. The number of rotatable bonds is 6. The molecule has 1 atom stereocenters. The van der Waals surface area contributed by atoms with E-state index in [2.05, 4.69) is 24.3 Å². The summed E-state index contributed by atoms with van der Waals surface area (Å²) in [4.78, 5) is 14.4. The Hall–Kier alpha value is -2.50. The third-order valence-corrected chi connectivity index (χ3v) is 4.89. The molecule has 1 fully saturated rings. The Morgan fingerprint density at radius 3 is 2.96 bits per heavy atom. The van der Waals surface area contributed by atoms with Gasteiger partial charge >= 0.3 is 6.03 Å². The van der Waals surface area contributed by atoms with Gasteiger partial charge in [0.05, 0.1) is 12.8 Å². The van der Waals surface area contributed by atoms with Crippen molar-refractivity contribution in [3.63, 3.8) is 0 Å². The first-order valence-corrected chi connectivity index (χ1v) is 9.30. The van der Waals surface area contributed by atoms with Crippen LogP contribution in [0.25, 0.3) is 0 Å². The van der Waals surface area contributed by atoms with E-state index in [0.29, 0.717) is 12.5 Å². The van der Waals surface area contributed by atoms with E-state index < -0.39 is 0 Å². The van der Waals surface area contributed by atoms with E-state index in [9.17, 15) is 4.79 Å². The molecule has 1 aliphatic rings. The minimum atomic E-state index is 0.00194. The van der Waals surface area contributed by atoms with E-state index in [-0.39, 0.29) is 6.03 Å². The van der Waals surface area contributed by atoms with Crippen molar-refractivity contribution in [3.05, 3.63) is 47.3 Å². The molecule has 1 N–H and O–H groups in total. The first kappa shape index (κ1) is 18.3. The molecule has 26 heavy (non-hydrogen) atoms. The van der Waals surface area contributed by atoms with Crippen LogP contribution in [0.1, 0.15) is 42.4 Å². The fourth-order valence-electron chi connectivity index (χ4n) is 3.33. The Kier molecular flexibility index (Phi) is 5.81. The number of carbonyl (C=O) groups is 1. The molecule has 0 bridgehead atoms. The number of aromatic nitrogens is 2. The van der Waals surface area contributed by atoms with Gasteiger partial charge in [0, 0.05) is 38.8 Å². The van der Waals surface area contributed by atoms with Crippen LogP contribution >= 0.6 is 0 Å². The second-order valence-electron chi connectivity index (χ2n) is 6.97. The van der Waals surface area contributed by atoms with Crippen LogP contribution in [0.2, 0.25) is 0 Å². The number of hydrogen-bond donors (Lipinski definition) is 1. The minimum absolute atomic E-state index is 0.00194. The van der Waals surface area contributed by atoms with Crippen LogP contribution in [0.4, 0.5) is 4.79 Å². The smallest absolute Gasteiger partial charge is 0.317 e. The Labute approximate surface area is 155 Å². The average Bonchev–Trinajstić information content (AvgIpc) is 3.28. The van der Waals surface area contributed by atoms with Gasteiger partial charge in [-0.3, -0.25) is 4.68 Å². The predicted molar refractivity (Wildman–Crippen MR) is 101 cm³/mol. The van der Waals surface area contributed by atoms with E-state index >= 15 is 0 Å². The first-order chi connectivity index (χ1) is 12.6. The molecule has 0 saturated carbocycles. The zero-order chi connectivity index (χ0) is 18.5. The normalized spacial score (nSPS) is 16.7. The average molecular weight is 356 g/mol. The molecule has 1 aliphatic heterocycles. The van der Waals surface area contributed by atoms with Crippen LogP contribution in [0.3, 0.4) is 0 Å². The molecular formula is C20H28N4O2. The maximum Gasteiger partial charge on any atom is 0.317 e. The summed E-state index contributed by atoms with van der Waals surface area (Å²) < 4.78 is 7.47. The van der Waals surface area contributed by atoms with Gasteiger partial charge in [0.15, 0.2) is 0 Å². The van der Waals surface area contributed by atoms with Crippen molar-refractivity contribution >= 4 is 6.03 Å². The molecule has 2 amide bonds. The highest BCUT2D eigenvalue weighted by Crippen LogP contribution is 2.26. The highest BCUT2D eigenvalue weighted by atomic mass is 16.5. The Balaban J connectivity index is 1.51. The van der Waals surface area contributed by atoms with Crippen LogP contribution < -0.4 is 10.1 Å². The van der Waals surface area contributed by atoms with Gasteiger partial charge < -0.3 is 15.0 Å². The number of aryl methyl sites for hydroxylation is 2. The molecule has 140 valence electrons. The van der Waals surface area contributed by atoms with Crippen molar-refractivity contribution in [2.45, 2.75) is 39.2 Å². The third-order valence-electron chi connectivity index (χ3n) is 4.89. The molecule has 0 aliphatic carbocycles. The van der Waals surface area contributed by atoms with Gasteiger partial charge in [0.25, 0.3) is 0 Å². The lowest BCUT2D eigenvalue weighted by Gasteiger charge is -2.18. The molecule has 1 saturated heterocycles. The number of likely N-dealkylation sites (tertiary alicyclic amines) is 1. The van der Waals surface area contributed by atoms with E-state index in [1.54, 1.807) is 0 Å². The summed E-state index contributed by atoms with van der Waals surface area (Å²) in [5, 5.41) is 7.28. The standard InChI is InChI=1S/C20H28N4O2/c1-4-9-26-19-6-5-16(15(2)10-19)11-21-20(25)24-8-7-17(14-24)18-12-22-23(3)13-18/h5-6,10,12-13,17H,4,7-9,11,14H2,1-3H3,(H,21,25)/t17-/m1/s1. The summed E-state index contributed by atoms with van der Waals surface area (Å²) in [6, 6.07) is 6.04. The maximum absolute atomic E-state index is 12.5. The molecule has 6 nitrogen and oxygen atoms in total. The summed E-state index contributed by atoms with van der Waals surface area (Å²) in [5.41, 5.74) is 3.46. The lowest BCUT2D eigenvalue weighted by atomic mass is 10.0. The van der Waals surface area contributed by atoms with Crippen molar-refractivity contribution in [2.24, 2.45) is 7.05 Å². The van der Waals surface area contributed by atoms with Crippen LogP contribution in [0.5, 0.6) is 5.75 Å². The van der Waals surface area contributed by atoms with E-state index in [1.807, 2.05) is 47.2 Å². The summed E-state index contributed by atoms with van der Waals surface area (Å²) in [7, 11) is 1.92. The van der Waals surface area contributed by atoms with Crippen molar-refractivity contribution in [3.8, 4) is 5.75 Å². The van der Waals surface area contributed by atoms with Gasteiger partial charge in [-0.25, -0.2) is 4.79 Å². The van der Waals surface area contributed by atoms with Gasteiger partial charge in [-0.2, -0.15) is 5.10 Å². The fraction of sp³-hybridized carbons (Fsp3) is 0.500. The second kappa shape index (κ2) is 8.25. The molecule has 2 aromatic rings. The van der Waals surface area contributed by atoms with Crippen LogP contribution in [0.15, 0.2) is 30.6 Å². The summed E-state index contributed by atoms with van der Waals surface area (Å²) >= 11 is 0. The van der Waals surface area contributed by atoms with Gasteiger partial charge in [0.2, 0.25) is 0 Å². The number of carbonyl (C=O) groups excluding carboxylic acids is 1. The molecule has 0 spiro atoms. The quantitative estimate of drug-likeness (QED) is 0.864. The lowest BCUT2D eigenvalue weighted by Crippen LogP contribution is -2.38. The van der Waals surface area contributed by atoms with Crippen molar-refractivity contribution in [1.82, 2.24) is 20.0 Å². The molecule has 1 aromatic heterocycles. The first-order valence-electron chi connectivity index (χ1n) is 9.30. The van der Waals surface area contributed by atoms with E-state index in [0.717, 1.165) is 49.4 Å². The zero-order valence-electron chi connectivity index (χ0n) is 15.9. The van der Waals surface area contributed by atoms with Crippen LogP contribution in [0, 0.1) is 6.92 Å². The topological polar surface area (TPSA) is 59.4 Å². The van der Waals surface area contributed by atoms with E-state index in [4.69, 9.17) is 4.74 Å². The largest absolute Gasteiger partial charge is 0.494 e. The number of benzene rings is 1. The van der Waals surface area contributed by atoms with E-state index in [1.165, 1.54) is 5.56 Å². The van der Waals surface area contributed by atoms with Gasteiger partial charge in [-0.05, 0) is 48.6 Å².